The molecule has 3 N–H and O–H groups in total. The predicted octanol–water partition coefficient (Wildman–Crippen LogP) is 6.37. The highest BCUT2D eigenvalue weighted by Crippen LogP contribution is 2.41. The molecular weight excluding hydrogens is 493 g/mol. The van der Waals surface area contributed by atoms with Crippen LogP contribution in [0.1, 0.15) is 36.2 Å². The standard InChI is InChI=1S/C29H31Cl2N3O2/c1-2-14-32-17-23(35)18-36-24-10-3-19(4-11-24)29-28-25(26-16-21(31)7-12-27(26)33-28)13-15-34(29)22-8-5-20(30)6-9-22/h3-12,16,23,29,32-33,35H,2,13-15,17-18H2,1H3. The van der Waals surface area contributed by atoms with Crippen molar-refractivity contribution >= 4 is 39.8 Å². The summed E-state index contributed by atoms with van der Waals surface area (Å²) in [7, 11) is 0. The predicted molar refractivity (Wildman–Crippen MR) is 149 cm³/mol. The molecule has 2 unspecified atom stereocenters. The topological polar surface area (TPSA) is 60.5 Å². The second-order valence-corrected chi connectivity index (χ2v) is 10.1. The summed E-state index contributed by atoms with van der Waals surface area (Å²) >= 11 is 12.5. The monoisotopic (exact) mass is 523 g/mol. The Balaban J connectivity index is 1.44. The van der Waals surface area contributed by atoms with Crippen molar-refractivity contribution in [2.75, 3.05) is 31.1 Å². The summed E-state index contributed by atoms with van der Waals surface area (Å²) in [5, 5.41) is 16.0. The number of aliphatic hydroxyl groups is 1. The molecule has 3 aromatic carbocycles. The van der Waals surface area contributed by atoms with Crippen LogP contribution >= 0.6 is 23.2 Å². The van der Waals surface area contributed by atoms with Crippen LogP contribution in [0.5, 0.6) is 5.75 Å². The summed E-state index contributed by atoms with van der Waals surface area (Å²) in [6.45, 7) is 4.64. The first-order valence-corrected chi connectivity index (χ1v) is 13.2. The van der Waals surface area contributed by atoms with Crippen molar-refractivity contribution in [1.82, 2.24) is 10.3 Å². The summed E-state index contributed by atoms with van der Waals surface area (Å²) in [4.78, 5) is 6.10. The fourth-order valence-corrected chi connectivity index (χ4v) is 5.26. The number of hydrogen-bond donors (Lipinski definition) is 3. The lowest BCUT2D eigenvalue weighted by Crippen LogP contribution is -2.36. The summed E-state index contributed by atoms with van der Waals surface area (Å²) in [6, 6.07) is 22.2. The SMILES string of the molecule is CCCNCC(O)COc1ccc(C2c3[nH]c4ccc(Cl)cc4c3CCN2c2ccc(Cl)cc2)cc1. The molecular formula is C29H31Cl2N3O2. The van der Waals surface area contributed by atoms with E-state index < -0.39 is 6.10 Å². The lowest BCUT2D eigenvalue weighted by atomic mass is 9.91. The van der Waals surface area contributed by atoms with Crippen molar-refractivity contribution in [3.8, 4) is 5.75 Å². The Hall–Kier alpha value is -2.70. The van der Waals surface area contributed by atoms with E-state index in [1.54, 1.807) is 0 Å². The van der Waals surface area contributed by atoms with Gasteiger partial charge in [-0.2, -0.15) is 0 Å². The fourth-order valence-electron chi connectivity index (χ4n) is 4.96. The fraction of sp³-hybridized carbons (Fsp3) is 0.310. The van der Waals surface area contributed by atoms with Crippen molar-refractivity contribution in [1.29, 1.82) is 0 Å². The number of nitrogens with one attached hydrogen (secondary N) is 2. The number of halogens is 2. The van der Waals surface area contributed by atoms with Crippen molar-refractivity contribution < 1.29 is 9.84 Å². The summed E-state index contributed by atoms with van der Waals surface area (Å²) in [5.41, 5.74) is 5.86. The minimum Gasteiger partial charge on any atom is -0.491 e. The van der Waals surface area contributed by atoms with E-state index >= 15 is 0 Å². The first-order valence-electron chi connectivity index (χ1n) is 12.5. The van der Waals surface area contributed by atoms with Crippen molar-refractivity contribution in [2.24, 2.45) is 0 Å². The minimum atomic E-state index is -0.546. The van der Waals surface area contributed by atoms with Crippen LogP contribution in [-0.2, 0) is 6.42 Å². The number of aromatic nitrogens is 1. The number of hydrogen-bond acceptors (Lipinski definition) is 4. The minimum absolute atomic E-state index is 0.000940. The molecule has 4 aromatic rings. The van der Waals surface area contributed by atoms with E-state index in [1.165, 1.54) is 16.6 Å². The number of H-pyrrole nitrogens is 1. The Kier molecular flexibility index (Phi) is 7.73. The molecule has 1 aliphatic rings. The second kappa shape index (κ2) is 11.1. The Morgan fingerprint density at radius 1 is 1.06 bits per heavy atom. The third-order valence-electron chi connectivity index (χ3n) is 6.69. The van der Waals surface area contributed by atoms with Crippen LogP contribution in [-0.4, -0.2) is 42.4 Å². The molecule has 1 aliphatic heterocycles. The van der Waals surface area contributed by atoms with Gasteiger partial charge >= 0.3 is 0 Å². The first kappa shape index (κ1) is 25.0. The van der Waals surface area contributed by atoms with Gasteiger partial charge in [-0.1, -0.05) is 42.3 Å². The van der Waals surface area contributed by atoms with E-state index in [-0.39, 0.29) is 12.6 Å². The third kappa shape index (κ3) is 5.35. The molecule has 0 aliphatic carbocycles. The van der Waals surface area contributed by atoms with Crippen molar-refractivity contribution in [3.63, 3.8) is 0 Å². The maximum absolute atomic E-state index is 10.2. The highest BCUT2D eigenvalue weighted by molar-refractivity contribution is 6.31. The molecule has 0 saturated carbocycles. The molecule has 0 amide bonds. The molecule has 0 bridgehead atoms. The number of nitrogens with zero attached hydrogens (tertiary/aromatic N) is 1. The lowest BCUT2D eigenvalue weighted by Gasteiger charge is -2.38. The Bertz CT molecular complexity index is 1300. The Labute approximate surface area is 222 Å². The molecule has 5 rings (SSSR count). The van der Waals surface area contributed by atoms with Crippen molar-refractivity contribution in [2.45, 2.75) is 31.9 Å². The Morgan fingerprint density at radius 3 is 2.56 bits per heavy atom. The van der Waals surface area contributed by atoms with Gasteiger partial charge in [0.2, 0.25) is 0 Å². The zero-order valence-corrected chi connectivity index (χ0v) is 21.8. The zero-order valence-electron chi connectivity index (χ0n) is 20.3. The van der Waals surface area contributed by atoms with Crippen LogP contribution in [0.2, 0.25) is 10.0 Å². The third-order valence-corrected chi connectivity index (χ3v) is 7.18. The van der Waals surface area contributed by atoms with Crippen LogP contribution in [0.4, 0.5) is 5.69 Å². The van der Waals surface area contributed by atoms with Gasteiger partial charge in [0.25, 0.3) is 0 Å². The highest BCUT2D eigenvalue weighted by atomic mass is 35.5. The molecule has 0 saturated heterocycles. The maximum atomic E-state index is 10.2. The van der Waals surface area contributed by atoms with E-state index in [9.17, 15) is 5.11 Å². The zero-order chi connectivity index (χ0) is 25.1. The number of rotatable bonds is 9. The number of aliphatic hydroxyl groups excluding tert-OH is 1. The maximum Gasteiger partial charge on any atom is 0.119 e. The largest absolute Gasteiger partial charge is 0.491 e. The van der Waals surface area contributed by atoms with Gasteiger partial charge in [-0.3, -0.25) is 0 Å². The van der Waals surface area contributed by atoms with Crippen LogP contribution in [0.3, 0.4) is 0 Å². The van der Waals surface area contributed by atoms with Gasteiger partial charge in [0.05, 0.1) is 6.04 Å². The number of ether oxygens (including phenoxy) is 1. The molecule has 0 fully saturated rings. The van der Waals surface area contributed by atoms with E-state index in [0.29, 0.717) is 6.54 Å². The summed E-state index contributed by atoms with van der Waals surface area (Å²) in [5.74, 6) is 0.741. The van der Waals surface area contributed by atoms with Crippen LogP contribution < -0.4 is 15.0 Å². The molecule has 0 radical (unpaired) electrons. The van der Waals surface area contributed by atoms with E-state index in [1.807, 2.05) is 30.3 Å². The number of benzene rings is 3. The van der Waals surface area contributed by atoms with Gasteiger partial charge in [-0.15, -0.1) is 0 Å². The van der Waals surface area contributed by atoms with Crippen molar-refractivity contribution in [3.05, 3.63) is 93.6 Å². The first-order chi connectivity index (χ1) is 17.5. The molecule has 2 heterocycles. The molecule has 7 heteroatoms. The van der Waals surface area contributed by atoms with E-state index in [2.05, 4.69) is 58.5 Å². The normalized spacial score (nSPS) is 16.2. The van der Waals surface area contributed by atoms with Crippen LogP contribution in [0, 0.1) is 0 Å². The molecule has 188 valence electrons. The van der Waals surface area contributed by atoms with Crippen LogP contribution in [0.15, 0.2) is 66.7 Å². The number of anilines is 1. The van der Waals surface area contributed by atoms with Gasteiger partial charge in [0, 0.05) is 45.4 Å². The Morgan fingerprint density at radius 2 is 1.81 bits per heavy atom. The van der Waals surface area contributed by atoms with E-state index in [4.69, 9.17) is 27.9 Å². The molecule has 2 atom stereocenters. The average molecular weight is 524 g/mol. The average Bonchev–Trinajstić information content (AvgIpc) is 3.26. The number of fused-ring (bicyclic) bond motifs is 3. The quantitative estimate of drug-likeness (QED) is 0.223. The highest BCUT2D eigenvalue weighted by Gasteiger charge is 2.32. The van der Waals surface area contributed by atoms with Gasteiger partial charge in [-0.25, -0.2) is 0 Å². The number of aromatic amines is 1. The van der Waals surface area contributed by atoms with E-state index in [0.717, 1.165) is 58.5 Å². The lowest BCUT2D eigenvalue weighted by molar-refractivity contribution is 0.106. The molecule has 36 heavy (non-hydrogen) atoms. The van der Waals surface area contributed by atoms with Gasteiger partial charge in [0.1, 0.15) is 18.5 Å². The summed E-state index contributed by atoms with van der Waals surface area (Å²) < 4.78 is 5.86. The van der Waals surface area contributed by atoms with Gasteiger partial charge < -0.3 is 25.0 Å². The van der Waals surface area contributed by atoms with Gasteiger partial charge in [-0.05, 0) is 85.1 Å². The molecule has 5 nitrogen and oxygen atoms in total. The summed E-state index contributed by atoms with van der Waals surface area (Å²) in [6.07, 6.45) is 1.41. The molecule has 1 aromatic heterocycles. The van der Waals surface area contributed by atoms with Gasteiger partial charge in [0.15, 0.2) is 0 Å². The second-order valence-electron chi connectivity index (χ2n) is 9.27. The smallest absolute Gasteiger partial charge is 0.119 e. The molecule has 0 spiro atoms. The van der Waals surface area contributed by atoms with Crippen LogP contribution in [0.25, 0.3) is 10.9 Å².